The minimum atomic E-state index is -3.71. The van der Waals surface area contributed by atoms with E-state index in [4.69, 9.17) is 0 Å². The van der Waals surface area contributed by atoms with Crippen LogP contribution in [0.1, 0.15) is 38.5 Å². The van der Waals surface area contributed by atoms with Gasteiger partial charge in [0.25, 0.3) is 0 Å². The van der Waals surface area contributed by atoms with E-state index in [9.17, 15) is 16.8 Å². The van der Waals surface area contributed by atoms with Gasteiger partial charge in [-0.2, -0.15) is 0 Å². The first-order chi connectivity index (χ1) is 11.3. The molecule has 0 radical (unpaired) electrons. The van der Waals surface area contributed by atoms with E-state index < -0.39 is 19.9 Å². The van der Waals surface area contributed by atoms with Crippen molar-refractivity contribution in [1.29, 1.82) is 0 Å². The highest BCUT2D eigenvalue weighted by Gasteiger charge is 2.17. The maximum Gasteiger partial charge on any atom is 0.240 e. The largest absolute Gasteiger partial charge is 0.313 e. The van der Waals surface area contributed by atoms with Crippen molar-refractivity contribution < 1.29 is 16.8 Å². The minimum Gasteiger partial charge on any atom is -0.313 e. The Labute approximate surface area is 145 Å². The number of nitrogens with one attached hydrogen (secondary N) is 2. The molecular formula is C16H26N2O4S2. The predicted molar refractivity (Wildman–Crippen MR) is 94.2 cm³/mol. The van der Waals surface area contributed by atoms with Crippen molar-refractivity contribution in [3.8, 4) is 0 Å². The molecule has 0 aliphatic heterocycles. The molecular weight excluding hydrogens is 348 g/mol. The van der Waals surface area contributed by atoms with Crippen molar-refractivity contribution in [3.63, 3.8) is 0 Å². The summed E-state index contributed by atoms with van der Waals surface area (Å²) in [6, 6.07) is 5.88. The van der Waals surface area contributed by atoms with Crippen LogP contribution in [0.4, 0.5) is 0 Å². The van der Waals surface area contributed by atoms with E-state index in [0.29, 0.717) is 12.6 Å². The third-order valence-corrected chi connectivity index (χ3v) is 6.82. The van der Waals surface area contributed by atoms with E-state index in [2.05, 4.69) is 10.0 Å². The molecule has 0 aromatic heterocycles. The zero-order chi connectivity index (χ0) is 17.6. The third kappa shape index (κ3) is 5.84. The first kappa shape index (κ1) is 19.4. The molecule has 0 bridgehead atoms. The van der Waals surface area contributed by atoms with E-state index in [1.807, 2.05) is 0 Å². The van der Waals surface area contributed by atoms with Crippen LogP contribution in [-0.2, 0) is 19.9 Å². The molecule has 1 fully saturated rings. The second kappa shape index (κ2) is 8.42. The van der Waals surface area contributed by atoms with Crippen molar-refractivity contribution >= 4 is 19.9 Å². The molecule has 1 aliphatic rings. The van der Waals surface area contributed by atoms with Gasteiger partial charge in [-0.1, -0.05) is 31.7 Å². The van der Waals surface area contributed by atoms with Crippen LogP contribution in [0.15, 0.2) is 34.1 Å². The van der Waals surface area contributed by atoms with Crippen LogP contribution >= 0.6 is 0 Å². The monoisotopic (exact) mass is 374 g/mol. The molecule has 0 unspecified atom stereocenters. The fourth-order valence-electron chi connectivity index (χ4n) is 2.90. The lowest BCUT2D eigenvalue weighted by Gasteiger charge is -2.16. The van der Waals surface area contributed by atoms with Crippen LogP contribution in [0.25, 0.3) is 0 Å². The molecule has 0 heterocycles. The molecule has 1 aliphatic carbocycles. The van der Waals surface area contributed by atoms with Gasteiger partial charge in [0.1, 0.15) is 0 Å². The van der Waals surface area contributed by atoms with E-state index in [1.54, 1.807) is 0 Å². The van der Waals surface area contributed by atoms with Gasteiger partial charge in [-0.25, -0.2) is 21.6 Å². The van der Waals surface area contributed by atoms with Gasteiger partial charge in [-0.15, -0.1) is 0 Å². The summed E-state index contributed by atoms with van der Waals surface area (Å²) in [6.45, 7) is 0.845. The van der Waals surface area contributed by atoms with Crippen LogP contribution in [0.5, 0.6) is 0 Å². The van der Waals surface area contributed by atoms with E-state index in [-0.39, 0.29) is 16.3 Å². The van der Waals surface area contributed by atoms with Gasteiger partial charge in [0.15, 0.2) is 9.84 Å². The Kier molecular flexibility index (Phi) is 6.79. The van der Waals surface area contributed by atoms with Crippen LogP contribution in [-0.4, -0.2) is 42.2 Å². The SMILES string of the molecule is CS(=O)(=O)c1cccc(S(=O)(=O)NCCNC2CCCCCC2)c1. The molecule has 0 atom stereocenters. The molecule has 2 N–H and O–H groups in total. The summed E-state index contributed by atoms with van der Waals surface area (Å²) < 4.78 is 50.2. The smallest absolute Gasteiger partial charge is 0.240 e. The number of rotatable bonds is 7. The van der Waals surface area contributed by atoms with Gasteiger partial charge >= 0.3 is 0 Å². The molecule has 0 spiro atoms. The van der Waals surface area contributed by atoms with Crippen LogP contribution in [0, 0.1) is 0 Å². The van der Waals surface area contributed by atoms with Crippen molar-refractivity contribution in [1.82, 2.24) is 10.0 Å². The standard InChI is InChI=1S/C16H26N2O4S2/c1-23(19,20)15-9-6-10-16(13-15)24(21,22)18-12-11-17-14-7-4-2-3-5-8-14/h6,9-10,13-14,17-18H,2-5,7-8,11-12H2,1H3. The Morgan fingerprint density at radius 1 is 0.958 bits per heavy atom. The number of sulfonamides is 1. The molecule has 6 nitrogen and oxygen atoms in total. The highest BCUT2D eigenvalue weighted by Crippen LogP contribution is 2.17. The van der Waals surface area contributed by atoms with Crippen molar-refractivity contribution in [3.05, 3.63) is 24.3 Å². The lowest BCUT2D eigenvalue weighted by molar-refractivity contribution is 0.461. The average molecular weight is 375 g/mol. The molecule has 1 saturated carbocycles. The summed E-state index contributed by atoms with van der Waals surface area (Å²) in [5, 5.41) is 3.40. The zero-order valence-electron chi connectivity index (χ0n) is 14.0. The van der Waals surface area contributed by atoms with Crippen molar-refractivity contribution in [2.75, 3.05) is 19.3 Å². The highest BCUT2D eigenvalue weighted by atomic mass is 32.2. The van der Waals surface area contributed by atoms with E-state index in [0.717, 1.165) is 19.1 Å². The summed E-state index contributed by atoms with van der Waals surface area (Å²) in [5.41, 5.74) is 0. The molecule has 24 heavy (non-hydrogen) atoms. The molecule has 0 amide bonds. The number of hydrogen-bond acceptors (Lipinski definition) is 5. The number of sulfone groups is 1. The average Bonchev–Trinajstić information content (AvgIpc) is 2.80. The quantitative estimate of drug-likeness (QED) is 0.560. The van der Waals surface area contributed by atoms with Gasteiger partial charge in [0, 0.05) is 25.4 Å². The second-order valence-electron chi connectivity index (χ2n) is 6.29. The molecule has 1 aromatic rings. The first-order valence-electron chi connectivity index (χ1n) is 8.32. The third-order valence-electron chi connectivity index (χ3n) is 4.25. The Morgan fingerprint density at radius 2 is 1.58 bits per heavy atom. The topological polar surface area (TPSA) is 92.3 Å². The summed E-state index contributed by atoms with van der Waals surface area (Å²) in [5.74, 6) is 0. The van der Waals surface area contributed by atoms with Gasteiger partial charge < -0.3 is 5.32 Å². The van der Waals surface area contributed by atoms with Gasteiger partial charge in [-0.3, -0.25) is 0 Å². The first-order valence-corrected chi connectivity index (χ1v) is 11.7. The van der Waals surface area contributed by atoms with E-state index >= 15 is 0 Å². The lowest BCUT2D eigenvalue weighted by Crippen LogP contribution is -2.36. The van der Waals surface area contributed by atoms with Gasteiger partial charge in [0.2, 0.25) is 10.0 Å². The maximum atomic E-state index is 12.3. The molecule has 136 valence electrons. The second-order valence-corrected chi connectivity index (χ2v) is 10.1. The normalized spacial score (nSPS) is 17.5. The Morgan fingerprint density at radius 3 is 2.21 bits per heavy atom. The fourth-order valence-corrected chi connectivity index (χ4v) is 4.72. The summed E-state index contributed by atoms with van der Waals surface area (Å²) in [7, 11) is -7.14. The molecule has 8 heteroatoms. The van der Waals surface area contributed by atoms with Crippen molar-refractivity contribution in [2.24, 2.45) is 0 Å². The summed E-state index contributed by atoms with van der Waals surface area (Å²) in [6.07, 6.45) is 8.35. The number of benzene rings is 1. The Balaban J connectivity index is 1.89. The Bertz CT molecular complexity index is 737. The van der Waals surface area contributed by atoms with Crippen LogP contribution < -0.4 is 10.0 Å². The van der Waals surface area contributed by atoms with Gasteiger partial charge in [-0.05, 0) is 31.0 Å². The lowest BCUT2D eigenvalue weighted by atomic mass is 10.1. The minimum absolute atomic E-state index is 0.00181. The maximum absolute atomic E-state index is 12.3. The van der Waals surface area contributed by atoms with E-state index in [1.165, 1.54) is 49.9 Å². The predicted octanol–water partition coefficient (Wildman–Crippen LogP) is 1.68. The molecule has 0 saturated heterocycles. The zero-order valence-corrected chi connectivity index (χ0v) is 15.6. The fraction of sp³-hybridized carbons (Fsp3) is 0.625. The molecule has 1 aromatic carbocycles. The molecule has 2 rings (SSSR count). The highest BCUT2D eigenvalue weighted by molar-refractivity contribution is 7.91. The summed E-state index contributed by atoms with van der Waals surface area (Å²) in [4.78, 5) is -0.0261. The van der Waals surface area contributed by atoms with Crippen LogP contribution in [0.3, 0.4) is 0 Å². The Hall–Kier alpha value is -0.960. The van der Waals surface area contributed by atoms with Crippen molar-refractivity contribution in [2.45, 2.75) is 54.4 Å². The number of hydrogen-bond donors (Lipinski definition) is 2. The van der Waals surface area contributed by atoms with Crippen LogP contribution in [0.2, 0.25) is 0 Å². The van der Waals surface area contributed by atoms with Gasteiger partial charge in [0.05, 0.1) is 9.79 Å². The summed E-state index contributed by atoms with van der Waals surface area (Å²) >= 11 is 0.